The van der Waals surface area contributed by atoms with E-state index in [9.17, 15) is 33.6 Å². The van der Waals surface area contributed by atoms with Crippen molar-refractivity contribution in [3.05, 3.63) is 107 Å². The van der Waals surface area contributed by atoms with E-state index in [1.165, 1.54) is 21.2 Å². The van der Waals surface area contributed by atoms with Crippen LogP contribution in [-0.2, 0) is 27.5 Å². The van der Waals surface area contributed by atoms with E-state index < -0.39 is 11.8 Å². The first-order chi connectivity index (χ1) is 37.3. The molecule has 0 atom stereocenters. The minimum Gasteiger partial charge on any atom is -0.482 e. The number of ether oxygens (including phenoxy) is 2. The van der Waals surface area contributed by atoms with Gasteiger partial charge in [-0.25, -0.2) is 19.0 Å². The van der Waals surface area contributed by atoms with E-state index in [0.717, 1.165) is 53.2 Å². The smallest absolute Gasteiger partial charge is 0.270 e. The highest BCUT2D eigenvalue weighted by Crippen LogP contribution is 3.10. The monoisotopic (exact) mass is 1040 g/mol. The summed E-state index contributed by atoms with van der Waals surface area (Å²) < 4.78 is 13.7. The highest BCUT2D eigenvalue weighted by atomic mass is 16.5. The van der Waals surface area contributed by atoms with Gasteiger partial charge in [-0.3, -0.25) is 33.6 Å². The lowest BCUT2D eigenvalue weighted by Crippen LogP contribution is -3.15. The van der Waals surface area contributed by atoms with Crippen molar-refractivity contribution in [3.63, 3.8) is 0 Å². The van der Waals surface area contributed by atoms with Crippen LogP contribution in [0.2, 0.25) is 0 Å². The number of amides is 7. The average Bonchev–Trinajstić information content (AvgIpc) is 0.859. The van der Waals surface area contributed by atoms with Crippen LogP contribution in [0.3, 0.4) is 0 Å². The molecule has 6 aromatic rings. The van der Waals surface area contributed by atoms with Gasteiger partial charge in [0.05, 0.1) is 29.3 Å². The number of carbonyl (C=O) groups excluding carboxylic acids is 7. The highest BCUT2D eigenvalue weighted by Gasteiger charge is 3.10. The number of benzene rings is 2. The molecule has 12 fully saturated rings. The molecule has 12 saturated carbocycles. The lowest BCUT2D eigenvalue weighted by Gasteiger charge is -3.11. The summed E-state index contributed by atoms with van der Waals surface area (Å²) in [6.07, 6.45) is 3.12. The fourth-order valence-electron chi connectivity index (χ4n) is 19.4. The molecule has 7 amide bonds. The molecule has 20 rings (SSSR count). The summed E-state index contributed by atoms with van der Waals surface area (Å²) in [6, 6.07) is 17.0. The lowest BCUT2D eigenvalue weighted by molar-refractivity contribution is -0.651. The fraction of sp³-hybridized carbons (Fsp3) is 0.436. The molecular weight excluding hydrogens is 987 g/mol. The molecule has 6 heterocycles. The Morgan fingerprint density at radius 3 is 1.43 bits per heavy atom. The second kappa shape index (κ2) is 14.1. The van der Waals surface area contributed by atoms with Crippen molar-refractivity contribution >= 4 is 64.0 Å². The van der Waals surface area contributed by atoms with E-state index >= 15 is 0 Å². The molecular formula is C55H49N13O9. The summed E-state index contributed by atoms with van der Waals surface area (Å²) in [5.74, 6) is 8.22. The van der Waals surface area contributed by atoms with Crippen LogP contribution >= 0.6 is 0 Å². The molecule has 77 heavy (non-hydrogen) atoms. The van der Waals surface area contributed by atoms with Crippen LogP contribution in [0, 0.1) is 87.3 Å². The van der Waals surface area contributed by atoms with Crippen LogP contribution in [0.25, 0.3) is 11.3 Å². The zero-order chi connectivity index (χ0) is 52.0. The number of hydrogen-bond acceptors (Lipinski definition) is 13. The number of rotatable bonds is 13. The number of carbonyl (C=O) groups is 7. The van der Waals surface area contributed by atoms with Crippen LogP contribution in [0.15, 0.2) is 73.1 Å². The molecule has 0 unspecified atom stereocenters. The molecule has 0 radical (unpaired) electrons. The van der Waals surface area contributed by atoms with Crippen molar-refractivity contribution in [2.24, 2.45) is 87.3 Å². The van der Waals surface area contributed by atoms with Gasteiger partial charge < -0.3 is 46.7 Å². The third-order valence-corrected chi connectivity index (χ3v) is 21.6. The molecule has 2 aromatic carbocycles. The number of hydrogen-bond donors (Lipinski definition) is 7. The SMILES string of the molecule is CC(=O)NC12C3C4C1C1C2C3C41CNC(=O)c1cc(C(=O)NCc2ccc3c(c2)NC(=O)CO3)nc2ccnn12.CC12C3C4C1C1C2C3C41CNC(=O)c1cc(C(=O)NCc2ccc3c(c2)NC(=O)CO3)nc2ccnn12. The third-order valence-electron chi connectivity index (χ3n) is 21.6. The Labute approximate surface area is 436 Å². The molecule has 12 aliphatic carbocycles. The van der Waals surface area contributed by atoms with Crippen molar-refractivity contribution in [2.75, 3.05) is 36.9 Å². The predicted octanol–water partition coefficient (Wildman–Crippen LogP) is 1.82. The largest absolute Gasteiger partial charge is 0.482 e. The summed E-state index contributed by atoms with van der Waals surface area (Å²) in [5, 5.41) is 29.3. The Balaban J connectivity index is 0.000000125. The molecule has 0 saturated heterocycles. The van der Waals surface area contributed by atoms with E-state index in [1.807, 2.05) is 12.1 Å². The van der Waals surface area contributed by atoms with E-state index in [0.29, 0.717) is 92.7 Å². The van der Waals surface area contributed by atoms with Crippen LogP contribution in [0.4, 0.5) is 11.4 Å². The summed E-state index contributed by atoms with van der Waals surface area (Å²) >= 11 is 0. The summed E-state index contributed by atoms with van der Waals surface area (Å²) in [4.78, 5) is 96.5. The van der Waals surface area contributed by atoms with E-state index in [4.69, 9.17) is 9.47 Å². The number of aromatic nitrogens is 6. The minimum atomic E-state index is -0.430. The zero-order valence-corrected chi connectivity index (χ0v) is 41.5. The summed E-state index contributed by atoms with van der Waals surface area (Å²) in [6.45, 7) is 5.79. The highest BCUT2D eigenvalue weighted by molar-refractivity contribution is 6.00. The van der Waals surface area contributed by atoms with Gasteiger partial charge in [0.1, 0.15) is 34.3 Å². The van der Waals surface area contributed by atoms with Gasteiger partial charge in [-0.2, -0.15) is 10.2 Å². The first-order valence-electron chi connectivity index (χ1n) is 26.5. The standard InChI is InChI=1S/C28H25N7O5.C27H24N6O4/c1-11(36)34-28-22-19-23(28)21-24(28)20(22)27(19,21)10-30-26(39)15-7-14(32-17-4-5-31-35(15)17)25(38)29-8-12-2-3-16-13(6-12)33-18(37)9-40-16;1-26-18-21-19(26)23-20(26)22(18)27(21,23)10-29-25(36)14-7-13(31-16-4-5-30-33(14)16)24(35)28-8-11-2-3-15-12(6-11)32-17(34)9-37-15/h2-7,19-24H,8-10H2,1H3,(H,29,38)(H,30,39)(H,33,37)(H,34,36);2-7,18-23H,8-10H2,1H3,(H,28,35)(H,29,36)(H,32,34). The van der Waals surface area contributed by atoms with Gasteiger partial charge >= 0.3 is 0 Å². The van der Waals surface area contributed by atoms with Gasteiger partial charge in [-0.1, -0.05) is 19.1 Å². The topological polar surface area (TPSA) is 283 Å². The number of nitrogens with one attached hydrogen (secondary N) is 7. The van der Waals surface area contributed by atoms with Crippen LogP contribution in [-0.4, -0.2) is 102 Å². The third kappa shape index (κ3) is 4.94. The van der Waals surface area contributed by atoms with Crippen LogP contribution in [0.5, 0.6) is 11.5 Å². The lowest BCUT2D eigenvalue weighted by atomic mass is 8.92. The second-order valence-electron chi connectivity index (χ2n) is 23.8. The predicted molar refractivity (Wildman–Crippen MR) is 266 cm³/mol. The molecule has 14 aliphatic rings. The van der Waals surface area contributed by atoms with Gasteiger partial charge in [0, 0.05) is 57.4 Å². The number of nitrogens with zero attached hydrogens (tertiary/aromatic N) is 6. The normalized spacial score (nSPS) is 36.7. The van der Waals surface area contributed by atoms with Crippen molar-refractivity contribution < 1.29 is 43.0 Å². The van der Waals surface area contributed by atoms with Crippen molar-refractivity contribution in [2.45, 2.75) is 32.5 Å². The second-order valence-corrected chi connectivity index (χ2v) is 23.8. The van der Waals surface area contributed by atoms with E-state index in [1.54, 1.807) is 55.7 Å². The Bertz CT molecular complexity index is 3720. The van der Waals surface area contributed by atoms with Crippen molar-refractivity contribution in [1.29, 1.82) is 0 Å². The Hall–Kier alpha value is -8.43. The average molecular weight is 1040 g/mol. The zero-order valence-electron chi connectivity index (χ0n) is 41.5. The maximum atomic E-state index is 13.4. The Kier molecular flexibility index (Phi) is 8.03. The van der Waals surface area contributed by atoms with Crippen molar-refractivity contribution in [1.82, 2.24) is 55.8 Å². The van der Waals surface area contributed by atoms with E-state index in [2.05, 4.69) is 64.3 Å². The summed E-state index contributed by atoms with van der Waals surface area (Å²) in [5.41, 5.74) is 5.63. The molecule has 2 aliphatic heterocycles. The Morgan fingerprint density at radius 1 is 0.571 bits per heavy atom. The molecule has 388 valence electrons. The van der Waals surface area contributed by atoms with Gasteiger partial charge in [0.2, 0.25) is 5.91 Å². The van der Waals surface area contributed by atoms with Gasteiger partial charge in [-0.15, -0.1) is 0 Å². The van der Waals surface area contributed by atoms with Crippen LogP contribution in [0.1, 0.15) is 66.9 Å². The van der Waals surface area contributed by atoms with Crippen LogP contribution < -0.4 is 46.7 Å². The number of fused-ring (bicyclic) bond motifs is 4. The first kappa shape index (κ1) is 43.8. The first-order valence-corrected chi connectivity index (χ1v) is 26.5. The minimum absolute atomic E-state index is 0.00848. The quantitative estimate of drug-likeness (QED) is 0.0871. The van der Waals surface area contributed by atoms with Gasteiger partial charge in [-0.05, 0) is 123 Å². The maximum Gasteiger partial charge on any atom is 0.270 e. The Morgan fingerprint density at radius 2 is 1.00 bits per heavy atom. The maximum absolute atomic E-state index is 13.4. The molecule has 0 spiro atoms. The van der Waals surface area contributed by atoms with Gasteiger partial charge in [0.25, 0.3) is 35.4 Å². The molecule has 7 N–H and O–H groups in total. The van der Waals surface area contributed by atoms with E-state index in [-0.39, 0.29) is 83.9 Å². The molecule has 22 nitrogen and oxygen atoms in total. The molecule has 0 bridgehead atoms. The molecule has 22 heteroatoms. The molecule has 4 aromatic heterocycles. The number of anilines is 2. The van der Waals surface area contributed by atoms with Crippen molar-refractivity contribution in [3.8, 4) is 11.5 Å². The fourth-order valence-corrected chi connectivity index (χ4v) is 19.4. The summed E-state index contributed by atoms with van der Waals surface area (Å²) in [7, 11) is 0. The van der Waals surface area contributed by atoms with Gasteiger partial charge in [0.15, 0.2) is 24.5 Å².